The van der Waals surface area contributed by atoms with Gasteiger partial charge in [-0.25, -0.2) is 15.8 Å². The first-order valence-electron chi connectivity index (χ1n) is 9.22. The lowest BCUT2D eigenvalue weighted by Crippen LogP contribution is -2.53. The van der Waals surface area contributed by atoms with Crippen LogP contribution in [0.5, 0.6) is 0 Å². The fraction of sp³-hybridized carbons (Fsp3) is 0.500. The number of nitrogens with zero attached hydrogens (tertiary/aromatic N) is 4. The minimum absolute atomic E-state index is 0.0147. The summed E-state index contributed by atoms with van der Waals surface area (Å²) in [6, 6.07) is 5.58. The summed E-state index contributed by atoms with van der Waals surface area (Å²) in [7, 11) is 0. The van der Waals surface area contributed by atoms with Crippen molar-refractivity contribution in [2.45, 2.75) is 32.4 Å². The molecule has 0 spiro atoms. The molecule has 0 aliphatic carbocycles. The van der Waals surface area contributed by atoms with Crippen LogP contribution in [0, 0.1) is 13.8 Å². The minimum atomic E-state index is -0.246. The molecule has 2 saturated heterocycles. The zero-order chi connectivity index (χ0) is 19.0. The highest BCUT2D eigenvalue weighted by Crippen LogP contribution is 2.25. The van der Waals surface area contributed by atoms with E-state index >= 15 is 0 Å². The number of hydrazine groups is 1. The third-order valence-corrected chi connectivity index (χ3v) is 5.08. The van der Waals surface area contributed by atoms with Gasteiger partial charge < -0.3 is 20.0 Å². The van der Waals surface area contributed by atoms with Gasteiger partial charge in [-0.3, -0.25) is 4.79 Å². The summed E-state index contributed by atoms with van der Waals surface area (Å²) in [6.07, 6.45) is 0.674. The Morgan fingerprint density at radius 1 is 1.19 bits per heavy atom. The summed E-state index contributed by atoms with van der Waals surface area (Å²) in [4.78, 5) is 25.3. The first kappa shape index (κ1) is 17.7. The van der Waals surface area contributed by atoms with Gasteiger partial charge in [-0.15, -0.1) is 0 Å². The molecule has 1 amide bonds. The first-order chi connectivity index (χ1) is 13.0. The van der Waals surface area contributed by atoms with Crippen LogP contribution in [0.3, 0.4) is 0 Å². The van der Waals surface area contributed by atoms with Gasteiger partial charge in [0.25, 0.3) is 0 Å². The van der Waals surface area contributed by atoms with Gasteiger partial charge in [0.15, 0.2) is 0 Å². The molecule has 0 aromatic carbocycles. The van der Waals surface area contributed by atoms with Crippen LogP contribution in [0.15, 0.2) is 22.6 Å². The summed E-state index contributed by atoms with van der Waals surface area (Å²) in [5, 5.41) is 0. The van der Waals surface area contributed by atoms with E-state index in [1.807, 2.05) is 36.9 Å². The summed E-state index contributed by atoms with van der Waals surface area (Å²) < 4.78 is 5.67. The third kappa shape index (κ3) is 3.74. The highest BCUT2D eigenvalue weighted by Gasteiger charge is 2.35. The number of aryl methyl sites for hydroxylation is 2. The van der Waals surface area contributed by atoms with E-state index in [4.69, 9.17) is 10.2 Å². The highest BCUT2D eigenvalue weighted by molar-refractivity contribution is 5.82. The van der Waals surface area contributed by atoms with E-state index in [1.165, 1.54) is 0 Å². The number of amides is 1. The van der Waals surface area contributed by atoms with E-state index in [0.717, 1.165) is 36.1 Å². The number of rotatable bonds is 3. The van der Waals surface area contributed by atoms with E-state index in [-0.39, 0.29) is 23.9 Å². The lowest BCUT2D eigenvalue weighted by molar-refractivity contribution is -0.133. The number of nitrogen functional groups attached to an aromatic ring is 1. The molecule has 2 aliphatic heterocycles. The number of carbonyl (C=O) groups excluding carboxylic acids is 1. The summed E-state index contributed by atoms with van der Waals surface area (Å²) in [6.45, 7) is 6.58. The largest absolute Gasteiger partial charge is 0.465 e. The maximum Gasteiger partial charge on any atom is 0.241 e. The Labute approximate surface area is 157 Å². The van der Waals surface area contributed by atoms with Crippen molar-refractivity contribution in [3.8, 4) is 0 Å². The van der Waals surface area contributed by atoms with Gasteiger partial charge in [0.05, 0.1) is 6.04 Å². The number of furan rings is 1. The number of anilines is 2. The second-order valence-electron chi connectivity index (χ2n) is 7.12. The van der Waals surface area contributed by atoms with Gasteiger partial charge in [-0.2, -0.15) is 4.98 Å². The monoisotopic (exact) mass is 371 g/mol. The molecule has 2 atom stereocenters. The fourth-order valence-electron chi connectivity index (χ4n) is 3.66. The van der Waals surface area contributed by atoms with E-state index < -0.39 is 0 Å². The van der Waals surface area contributed by atoms with Gasteiger partial charge in [0, 0.05) is 37.9 Å². The predicted molar refractivity (Wildman–Crippen MR) is 101 cm³/mol. The van der Waals surface area contributed by atoms with Crippen LogP contribution in [-0.4, -0.2) is 53.0 Å². The van der Waals surface area contributed by atoms with E-state index in [1.54, 1.807) is 0 Å². The summed E-state index contributed by atoms with van der Waals surface area (Å²) in [5.41, 5.74) is 12.9. The van der Waals surface area contributed by atoms with Gasteiger partial charge in [0.1, 0.15) is 23.4 Å². The van der Waals surface area contributed by atoms with Gasteiger partial charge >= 0.3 is 0 Å². The zero-order valence-corrected chi connectivity index (χ0v) is 15.6. The van der Waals surface area contributed by atoms with Gasteiger partial charge in [-0.05, 0) is 32.4 Å². The van der Waals surface area contributed by atoms with Crippen molar-refractivity contribution in [1.82, 2.24) is 25.7 Å². The highest BCUT2D eigenvalue weighted by atomic mass is 16.3. The lowest BCUT2D eigenvalue weighted by Gasteiger charge is -2.36. The average Bonchev–Trinajstić information content (AvgIpc) is 3.29. The average molecular weight is 371 g/mol. The van der Waals surface area contributed by atoms with Crippen LogP contribution in [0.4, 0.5) is 11.8 Å². The minimum Gasteiger partial charge on any atom is -0.465 e. The Kier molecular flexibility index (Phi) is 4.71. The third-order valence-electron chi connectivity index (χ3n) is 5.08. The van der Waals surface area contributed by atoms with E-state index in [0.29, 0.717) is 19.5 Å². The molecule has 2 aromatic rings. The standard InChI is InChI=1S/C18H25N7O2/c1-11-9-16(21-18(19)20-11)24-5-7-25(8-6-24)17(26)14-10-13(22-23-14)15-4-3-12(2)27-15/h3-4,9,13-14,22-23H,5-8,10H2,1-2H3,(H2,19,20,21). The van der Waals surface area contributed by atoms with Crippen molar-refractivity contribution < 1.29 is 9.21 Å². The van der Waals surface area contributed by atoms with Crippen molar-refractivity contribution in [1.29, 1.82) is 0 Å². The molecule has 4 N–H and O–H groups in total. The quantitative estimate of drug-likeness (QED) is 0.716. The molecule has 4 heterocycles. The smallest absolute Gasteiger partial charge is 0.241 e. The number of aromatic nitrogens is 2. The molecular weight excluding hydrogens is 346 g/mol. The zero-order valence-electron chi connectivity index (χ0n) is 15.6. The van der Waals surface area contributed by atoms with Gasteiger partial charge in [0.2, 0.25) is 11.9 Å². The lowest BCUT2D eigenvalue weighted by atomic mass is 10.1. The molecule has 9 heteroatoms. The maximum absolute atomic E-state index is 12.9. The van der Waals surface area contributed by atoms with Crippen LogP contribution in [0.1, 0.15) is 29.7 Å². The molecule has 2 aromatic heterocycles. The van der Waals surface area contributed by atoms with Crippen molar-refractivity contribution >= 4 is 17.7 Å². The van der Waals surface area contributed by atoms with Gasteiger partial charge in [-0.1, -0.05) is 0 Å². The van der Waals surface area contributed by atoms with E-state index in [9.17, 15) is 4.79 Å². The fourth-order valence-corrected chi connectivity index (χ4v) is 3.66. The summed E-state index contributed by atoms with van der Waals surface area (Å²) >= 11 is 0. The maximum atomic E-state index is 12.9. The van der Waals surface area contributed by atoms with Crippen LogP contribution in [-0.2, 0) is 4.79 Å². The normalized spacial score (nSPS) is 23.0. The molecule has 9 nitrogen and oxygen atoms in total. The van der Waals surface area contributed by atoms with Crippen LogP contribution < -0.4 is 21.5 Å². The molecule has 144 valence electrons. The number of hydrogen-bond acceptors (Lipinski definition) is 8. The molecule has 4 rings (SSSR count). The van der Waals surface area contributed by atoms with Crippen LogP contribution in [0.25, 0.3) is 0 Å². The van der Waals surface area contributed by atoms with Crippen molar-refractivity contribution in [2.75, 3.05) is 36.8 Å². The Morgan fingerprint density at radius 2 is 1.96 bits per heavy atom. The second kappa shape index (κ2) is 7.16. The number of piperazine rings is 1. The van der Waals surface area contributed by atoms with Crippen molar-refractivity contribution in [3.63, 3.8) is 0 Å². The molecule has 0 radical (unpaired) electrons. The Bertz CT molecular complexity index is 809. The Hall–Kier alpha value is -2.65. The predicted octanol–water partition coefficient (Wildman–Crippen LogP) is 0.525. The Balaban J connectivity index is 1.33. The number of hydrogen-bond donors (Lipinski definition) is 3. The molecule has 2 fully saturated rings. The van der Waals surface area contributed by atoms with Crippen LogP contribution in [0.2, 0.25) is 0 Å². The molecule has 2 unspecified atom stereocenters. The van der Waals surface area contributed by atoms with Crippen molar-refractivity contribution in [3.05, 3.63) is 35.4 Å². The number of carbonyl (C=O) groups is 1. The van der Waals surface area contributed by atoms with Crippen molar-refractivity contribution in [2.24, 2.45) is 0 Å². The second-order valence-corrected chi connectivity index (χ2v) is 7.12. The summed E-state index contributed by atoms with van der Waals surface area (Å²) in [5.74, 6) is 2.95. The van der Waals surface area contributed by atoms with Crippen LogP contribution >= 0.6 is 0 Å². The molecule has 27 heavy (non-hydrogen) atoms. The Morgan fingerprint density at radius 3 is 2.63 bits per heavy atom. The van der Waals surface area contributed by atoms with E-state index in [2.05, 4.69) is 25.7 Å². The SMILES string of the molecule is Cc1cc(N2CCN(C(=O)C3CC(c4ccc(C)o4)NN3)CC2)nc(N)n1. The number of nitrogens with two attached hydrogens (primary N) is 1. The molecule has 0 bridgehead atoms. The number of nitrogens with one attached hydrogen (secondary N) is 2. The first-order valence-corrected chi connectivity index (χ1v) is 9.22. The molecular formula is C18H25N7O2. The topological polar surface area (TPSA) is 113 Å². The molecule has 0 saturated carbocycles. The molecule has 2 aliphatic rings.